The summed E-state index contributed by atoms with van der Waals surface area (Å²) in [7, 11) is 0. The molecule has 0 bridgehead atoms. The minimum Gasteiger partial charge on any atom is -0.508 e. The molecule has 0 saturated carbocycles. The van der Waals surface area contributed by atoms with Crippen LogP contribution in [0.15, 0.2) is 45.4 Å². The zero-order chi connectivity index (χ0) is 15.0. The second-order valence-electron chi connectivity index (χ2n) is 4.22. The average Bonchev–Trinajstić information content (AvgIpc) is 2.91. The molecule has 4 nitrogen and oxygen atoms in total. The molecule has 7 heteroatoms. The molecule has 21 heavy (non-hydrogen) atoms. The van der Waals surface area contributed by atoms with E-state index in [9.17, 15) is 9.50 Å². The molecule has 0 aliphatic rings. The van der Waals surface area contributed by atoms with Gasteiger partial charge in [0.25, 0.3) is 5.89 Å². The average molecular weight is 370 g/mol. The Morgan fingerprint density at radius 2 is 2.00 bits per heavy atom. The van der Waals surface area contributed by atoms with Crippen LogP contribution in [-0.2, 0) is 0 Å². The van der Waals surface area contributed by atoms with Gasteiger partial charge in [-0.05, 0) is 46.3 Å². The molecule has 0 amide bonds. The predicted molar refractivity (Wildman–Crippen MR) is 79.5 cm³/mol. The third-order valence-corrected chi connectivity index (χ3v) is 4.00. The Bertz CT molecular complexity index is 822. The number of phenolic OH excluding ortho intramolecular Hbond substituents is 1. The van der Waals surface area contributed by atoms with Gasteiger partial charge in [0.1, 0.15) is 11.6 Å². The van der Waals surface area contributed by atoms with Crippen LogP contribution in [0.1, 0.15) is 0 Å². The lowest BCUT2D eigenvalue weighted by Gasteiger charge is -1.98. The fourth-order valence-electron chi connectivity index (χ4n) is 1.76. The lowest BCUT2D eigenvalue weighted by atomic mass is 10.2. The van der Waals surface area contributed by atoms with Crippen molar-refractivity contribution in [2.75, 3.05) is 0 Å². The highest BCUT2D eigenvalue weighted by molar-refractivity contribution is 9.10. The molecule has 0 unspecified atom stereocenters. The molecule has 0 atom stereocenters. The molecule has 1 heterocycles. The SMILES string of the molecule is Oc1ccc(-c2nc(-c3ccc(Cl)c(Br)c3)no2)c(F)c1. The highest BCUT2D eigenvalue weighted by atomic mass is 79.9. The lowest BCUT2D eigenvalue weighted by Crippen LogP contribution is -1.85. The van der Waals surface area contributed by atoms with Crippen LogP contribution in [0.2, 0.25) is 5.02 Å². The molecule has 0 spiro atoms. The van der Waals surface area contributed by atoms with Crippen molar-refractivity contribution in [3.63, 3.8) is 0 Å². The van der Waals surface area contributed by atoms with E-state index in [1.54, 1.807) is 18.2 Å². The Morgan fingerprint density at radius 3 is 2.71 bits per heavy atom. The number of nitrogens with zero attached hydrogens (tertiary/aromatic N) is 2. The molecule has 2 aromatic carbocycles. The van der Waals surface area contributed by atoms with Gasteiger partial charge in [0.2, 0.25) is 5.82 Å². The van der Waals surface area contributed by atoms with E-state index >= 15 is 0 Å². The highest BCUT2D eigenvalue weighted by Crippen LogP contribution is 2.30. The van der Waals surface area contributed by atoms with Crippen molar-refractivity contribution >= 4 is 27.5 Å². The number of aromatic hydroxyl groups is 1. The van der Waals surface area contributed by atoms with Crippen molar-refractivity contribution in [2.24, 2.45) is 0 Å². The molecule has 0 aliphatic heterocycles. The summed E-state index contributed by atoms with van der Waals surface area (Å²) in [5.74, 6) is -0.455. The van der Waals surface area contributed by atoms with E-state index in [1.165, 1.54) is 12.1 Å². The standard InChI is InChI=1S/C14H7BrClFN2O2/c15-10-5-7(1-4-11(10)16)13-18-14(21-19-13)9-3-2-8(20)6-12(9)17/h1-6,20H. The van der Waals surface area contributed by atoms with Crippen LogP contribution in [0.3, 0.4) is 0 Å². The minimum absolute atomic E-state index is 0.0357. The van der Waals surface area contributed by atoms with E-state index in [1.807, 2.05) is 0 Å². The van der Waals surface area contributed by atoms with Gasteiger partial charge in [-0.2, -0.15) is 4.98 Å². The van der Waals surface area contributed by atoms with E-state index in [2.05, 4.69) is 26.1 Å². The Kier molecular flexibility index (Phi) is 3.65. The fourth-order valence-corrected chi connectivity index (χ4v) is 2.26. The van der Waals surface area contributed by atoms with Crippen LogP contribution in [0, 0.1) is 5.82 Å². The van der Waals surface area contributed by atoms with Crippen molar-refractivity contribution < 1.29 is 14.0 Å². The maximum absolute atomic E-state index is 13.8. The molecule has 1 aromatic heterocycles. The van der Waals surface area contributed by atoms with Crippen LogP contribution < -0.4 is 0 Å². The van der Waals surface area contributed by atoms with E-state index in [-0.39, 0.29) is 17.2 Å². The van der Waals surface area contributed by atoms with Crippen molar-refractivity contribution in [3.05, 3.63) is 51.7 Å². The quantitative estimate of drug-likeness (QED) is 0.713. The first-order chi connectivity index (χ1) is 10.0. The lowest BCUT2D eigenvalue weighted by molar-refractivity contribution is 0.428. The molecule has 106 valence electrons. The maximum atomic E-state index is 13.8. The van der Waals surface area contributed by atoms with Gasteiger partial charge in [-0.25, -0.2) is 4.39 Å². The molecule has 0 saturated heterocycles. The molecular weight excluding hydrogens is 363 g/mol. The summed E-state index contributed by atoms with van der Waals surface area (Å²) in [4.78, 5) is 4.15. The van der Waals surface area contributed by atoms with Crippen LogP contribution in [0.25, 0.3) is 22.8 Å². The number of halogens is 3. The summed E-state index contributed by atoms with van der Waals surface area (Å²) < 4.78 is 19.5. The van der Waals surface area contributed by atoms with E-state index in [4.69, 9.17) is 16.1 Å². The first-order valence-electron chi connectivity index (χ1n) is 5.82. The molecule has 3 rings (SSSR count). The van der Waals surface area contributed by atoms with Crippen molar-refractivity contribution in [2.45, 2.75) is 0 Å². The summed E-state index contributed by atoms with van der Waals surface area (Å²) in [5, 5.41) is 13.6. The monoisotopic (exact) mass is 368 g/mol. The number of rotatable bonds is 2. The number of phenols is 1. The van der Waals surface area contributed by atoms with Crippen molar-refractivity contribution in [1.29, 1.82) is 0 Å². The summed E-state index contributed by atoms with van der Waals surface area (Å²) in [6.07, 6.45) is 0. The molecule has 0 fully saturated rings. The third-order valence-electron chi connectivity index (χ3n) is 2.79. The fraction of sp³-hybridized carbons (Fsp3) is 0. The number of hydrogen-bond acceptors (Lipinski definition) is 4. The zero-order valence-electron chi connectivity index (χ0n) is 10.3. The second-order valence-corrected chi connectivity index (χ2v) is 5.48. The van der Waals surface area contributed by atoms with Crippen LogP contribution in [0.5, 0.6) is 5.75 Å². The first-order valence-corrected chi connectivity index (χ1v) is 7.00. The van der Waals surface area contributed by atoms with Crippen LogP contribution in [-0.4, -0.2) is 15.2 Å². The highest BCUT2D eigenvalue weighted by Gasteiger charge is 2.15. The second kappa shape index (κ2) is 5.46. The normalized spacial score (nSPS) is 10.8. The largest absolute Gasteiger partial charge is 0.508 e. The Hall–Kier alpha value is -1.92. The topological polar surface area (TPSA) is 59.2 Å². The van der Waals surface area contributed by atoms with Gasteiger partial charge in [-0.3, -0.25) is 0 Å². The van der Waals surface area contributed by atoms with Gasteiger partial charge in [-0.15, -0.1) is 0 Å². The number of benzene rings is 2. The third kappa shape index (κ3) is 2.77. The molecular formula is C14H7BrClFN2O2. The van der Waals surface area contributed by atoms with Crippen LogP contribution in [0.4, 0.5) is 4.39 Å². The van der Waals surface area contributed by atoms with E-state index in [0.717, 1.165) is 6.07 Å². The molecule has 0 aliphatic carbocycles. The number of aromatic nitrogens is 2. The summed E-state index contributed by atoms with van der Waals surface area (Å²) >= 11 is 9.23. The molecule has 0 radical (unpaired) electrons. The van der Waals surface area contributed by atoms with Crippen molar-refractivity contribution in [3.8, 4) is 28.6 Å². The number of hydrogen-bond donors (Lipinski definition) is 1. The maximum Gasteiger partial charge on any atom is 0.261 e. The smallest absolute Gasteiger partial charge is 0.261 e. The predicted octanol–water partition coefficient (Wildman–Crippen LogP) is 4.66. The van der Waals surface area contributed by atoms with Crippen LogP contribution >= 0.6 is 27.5 Å². The molecule has 1 N–H and O–H groups in total. The summed E-state index contributed by atoms with van der Waals surface area (Å²) in [5.41, 5.74) is 0.806. The molecule has 3 aromatic rings. The first kappa shape index (κ1) is 14.0. The Morgan fingerprint density at radius 1 is 1.19 bits per heavy atom. The summed E-state index contributed by atoms with van der Waals surface area (Å²) in [6.45, 7) is 0. The Balaban J connectivity index is 2.01. The zero-order valence-corrected chi connectivity index (χ0v) is 12.7. The van der Waals surface area contributed by atoms with Gasteiger partial charge in [0, 0.05) is 16.1 Å². The Labute approximate surface area is 132 Å². The summed E-state index contributed by atoms with van der Waals surface area (Å²) in [6, 6.07) is 8.87. The van der Waals surface area contributed by atoms with E-state index < -0.39 is 5.82 Å². The minimum atomic E-state index is -0.637. The van der Waals surface area contributed by atoms with Gasteiger partial charge in [0.05, 0.1) is 10.6 Å². The van der Waals surface area contributed by atoms with Crippen molar-refractivity contribution in [1.82, 2.24) is 10.1 Å². The van der Waals surface area contributed by atoms with E-state index in [0.29, 0.717) is 20.9 Å². The van der Waals surface area contributed by atoms with Gasteiger partial charge in [0.15, 0.2) is 0 Å². The van der Waals surface area contributed by atoms with Gasteiger partial charge in [-0.1, -0.05) is 16.8 Å². The van der Waals surface area contributed by atoms with Gasteiger partial charge < -0.3 is 9.63 Å². The van der Waals surface area contributed by atoms with Gasteiger partial charge >= 0.3 is 0 Å².